The van der Waals surface area contributed by atoms with Gasteiger partial charge in [0.1, 0.15) is 17.0 Å². The number of aromatic nitrogens is 5. The number of carbonyl (C=O) groups excluding carboxylic acids is 1. The molecule has 0 aromatic carbocycles. The quantitative estimate of drug-likeness (QED) is 0.589. The van der Waals surface area contributed by atoms with Gasteiger partial charge in [0, 0.05) is 42.5 Å². The lowest BCUT2D eigenvalue weighted by molar-refractivity contribution is 0.100. The fourth-order valence-electron chi connectivity index (χ4n) is 3.13. The topological polar surface area (TPSA) is 103 Å². The second-order valence-electron chi connectivity index (χ2n) is 6.35. The number of carbonyl (C=O) groups is 1. The summed E-state index contributed by atoms with van der Waals surface area (Å²) < 4.78 is 3.68. The normalized spacial score (nSPS) is 11.5. The molecule has 0 radical (unpaired) electrons. The van der Waals surface area contributed by atoms with Crippen molar-refractivity contribution in [3.8, 4) is 11.3 Å². The number of nitrogens with zero attached hydrogens (tertiary/aromatic N) is 5. The smallest absolute Gasteiger partial charge is 0.254 e. The molecule has 4 aromatic heterocycles. The third-order valence-corrected chi connectivity index (χ3v) is 4.42. The molecule has 0 saturated heterocycles. The zero-order chi connectivity index (χ0) is 18.4. The highest BCUT2D eigenvalue weighted by Gasteiger charge is 2.18. The van der Waals surface area contributed by atoms with Crippen LogP contribution in [0, 0.1) is 0 Å². The first-order chi connectivity index (χ1) is 12.5. The monoisotopic (exact) mass is 349 g/mol. The highest BCUT2D eigenvalue weighted by Crippen LogP contribution is 2.32. The maximum absolute atomic E-state index is 11.7. The summed E-state index contributed by atoms with van der Waals surface area (Å²) in [5.41, 5.74) is 8.75. The van der Waals surface area contributed by atoms with Crippen LogP contribution in [-0.4, -0.2) is 37.1 Å². The zero-order valence-corrected chi connectivity index (χ0v) is 14.8. The second-order valence-corrected chi connectivity index (χ2v) is 6.35. The van der Waals surface area contributed by atoms with Gasteiger partial charge in [0.15, 0.2) is 5.65 Å². The molecule has 0 aliphatic carbocycles. The highest BCUT2D eigenvalue weighted by atomic mass is 16.1. The number of amides is 1. The van der Waals surface area contributed by atoms with Gasteiger partial charge in [-0.15, -0.1) is 0 Å². The molecule has 132 valence electrons. The molecule has 0 spiro atoms. The lowest BCUT2D eigenvalue weighted by Gasteiger charge is -2.08. The molecule has 4 aromatic rings. The Morgan fingerprint density at radius 3 is 2.81 bits per heavy atom. The molecule has 3 N–H and O–H groups in total. The molecular formula is C18H19N7O. The largest absolute Gasteiger partial charge is 0.373 e. The van der Waals surface area contributed by atoms with Crippen LogP contribution in [0.2, 0.25) is 0 Å². The summed E-state index contributed by atoms with van der Waals surface area (Å²) >= 11 is 0. The molecule has 0 unspecified atom stereocenters. The molecular weight excluding hydrogens is 330 g/mol. The first kappa shape index (κ1) is 16.1. The van der Waals surface area contributed by atoms with Gasteiger partial charge in [-0.3, -0.25) is 4.79 Å². The second kappa shape index (κ2) is 5.83. The minimum Gasteiger partial charge on any atom is -0.373 e. The molecule has 0 aliphatic rings. The van der Waals surface area contributed by atoms with Gasteiger partial charge in [-0.25, -0.2) is 9.97 Å². The Hall–Kier alpha value is -3.42. The molecule has 0 bridgehead atoms. The van der Waals surface area contributed by atoms with Crippen LogP contribution in [0.4, 0.5) is 5.82 Å². The molecule has 0 saturated carbocycles. The number of anilines is 1. The van der Waals surface area contributed by atoms with E-state index in [0.29, 0.717) is 11.5 Å². The fourth-order valence-corrected chi connectivity index (χ4v) is 3.13. The van der Waals surface area contributed by atoms with Crippen LogP contribution in [0.5, 0.6) is 0 Å². The summed E-state index contributed by atoms with van der Waals surface area (Å²) in [5, 5.41) is 8.31. The van der Waals surface area contributed by atoms with Gasteiger partial charge in [0.05, 0.1) is 11.9 Å². The van der Waals surface area contributed by atoms with E-state index in [2.05, 4.69) is 38.8 Å². The molecule has 0 atom stereocenters. The van der Waals surface area contributed by atoms with Gasteiger partial charge in [-0.1, -0.05) is 0 Å². The molecule has 4 heterocycles. The highest BCUT2D eigenvalue weighted by molar-refractivity contribution is 5.99. The summed E-state index contributed by atoms with van der Waals surface area (Å²) in [5.74, 6) is 0.157. The Balaban J connectivity index is 2.05. The van der Waals surface area contributed by atoms with Gasteiger partial charge in [-0.05, 0) is 26.0 Å². The van der Waals surface area contributed by atoms with Crippen LogP contribution >= 0.6 is 0 Å². The van der Waals surface area contributed by atoms with E-state index in [1.165, 1.54) is 6.20 Å². The van der Waals surface area contributed by atoms with Crippen LogP contribution in [0.3, 0.4) is 0 Å². The predicted molar refractivity (Wildman–Crippen MR) is 100 cm³/mol. The van der Waals surface area contributed by atoms with E-state index >= 15 is 0 Å². The maximum atomic E-state index is 11.7. The molecule has 4 rings (SSSR count). The third kappa shape index (κ3) is 2.30. The first-order valence-electron chi connectivity index (χ1n) is 8.33. The molecule has 1 amide bonds. The van der Waals surface area contributed by atoms with Crippen molar-refractivity contribution in [2.45, 2.75) is 19.9 Å². The van der Waals surface area contributed by atoms with Gasteiger partial charge in [0.2, 0.25) is 0 Å². The summed E-state index contributed by atoms with van der Waals surface area (Å²) in [7, 11) is 1.79. The Kier molecular flexibility index (Phi) is 3.61. The minimum absolute atomic E-state index is 0.254. The third-order valence-electron chi connectivity index (χ3n) is 4.42. The zero-order valence-electron chi connectivity index (χ0n) is 14.8. The van der Waals surface area contributed by atoms with E-state index in [-0.39, 0.29) is 11.6 Å². The molecule has 0 aliphatic heterocycles. The fraction of sp³-hybridized carbons (Fsp3) is 0.222. The Morgan fingerprint density at radius 2 is 2.12 bits per heavy atom. The minimum atomic E-state index is -0.557. The van der Waals surface area contributed by atoms with Crippen LogP contribution in [-0.2, 0) is 0 Å². The van der Waals surface area contributed by atoms with E-state index in [4.69, 9.17) is 5.73 Å². The predicted octanol–water partition coefficient (Wildman–Crippen LogP) is 2.47. The molecule has 8 nitrogen and oxygen atoms in total. The SMILES string of the molecule is CNc1cc(-c2cn(C(C)C)c3ncccc23)nc2c(C(N)=O)cnn12. The summed E-state index contributed by atoms with van der Waals surface area (Å²) in [4.78, 5) is 20.9. The van der Waals surface area contributed by atoms with Crippen molar-refractivity contribution in [2.75, 3.05) is 12.4 Å². The summed E-state index contributed by atoms with van der Waals surface area (Å²) in [6, 6.07) is 6.08. The van der Waals surface area contributed by atoms with Crippen molar-refractivity contribution < 1.29 is 4.79 Å². The van der Waals surface area contributed by atoms with Crippen molar-refractivity contribution in [1.29, 1.82) is 0 Å². The van der Waals surface area contributed by atoms with E-state index in [1.54, 1.807) is 17.8 Å². The number of nitrogens with two attached hydrogens (primary N) is 1. The van der Waals surface area contributed by atoms with Gasteiger partial charge in [0.25, 0.3) is 5.91 Å². The van der Waals surface area contributed by atoms with Crippen LogP contribution in [0.25, 0.3) is 27.9 Å². The summed E-state index contributed by atoms with van der Waals surface area (Å²) in [6.07, 6.45) is 5.26. The number of pyridine rings is 1. The lowest BCUT2D eigenvalue weighted by Crippen LogP contribution is -2.11. The number of nitrogens with one attached hydrogen (secondary N) is 1. The molecule has 8 heteroatoms. The number of hydrogen-bond acceptors (Lipinski definition) is 5. The van der Waals surface area contributed by atoms with E-state index in [1.807, 2.05) is 24.4 Å². The van der Waals surface area contributed by atoms with Crippen molar-refractivity contribution in [2.24, 2.45) is 5.73 Å². The first-order valence-corrected chi connectivity index (χ1v) is 8.33. The van der Waals surface area contributed by atoms with Crippen molar-refractivity contribution in [3.63, 3.8) is 0 Å². The maximum Gasteiger partial charge on any atom is 0.254 e. The number of hydrogen-bond donors (Lipinski definition) is 2. The standard InChI is InChI=1S/C18H19N7O/c1-10(2)24-9-13(11-5-4-6-21-17(11)24)14-7-15(20-3)25-18(23-14)12(8-22-25)16(19)26/h4-10,20H,1-3H3,(H2,19,26). The number of rotatable bonds is 4. The Labute approximate surface area is 149 Å². The van der Waals surface area contributed by atoms with Crippen LogP contribution in [0.15, 0.2) is 36.8 Å². The van der Waals surface area contributed by atoms with E-state index in [0.717, 1.165) is 22.3 Å². The van der Waals surface area contributed by atoms with E-state index < -0.39 is 5.91 Å². The van der Waals surface area contributed by atoms with Crippen LogP contribution in [0.1, 0.15) is 30.2 Å². The molecule has 26 heavy (non-hydrogen) atoms. The van der Waals surface area contributed by atoms with Crippen LogP contribution < -0.4 is 11.1 Å². The van der Waals surface area contributed by atoms with Gasteiger partial charge < -0.3 is 15.6 Å². The summed E-state index contributed by atoms with van der Waals surface area (Å²) in [6.45, 7) is 4.21. The van der Waals surface area contributed by atoms with E-state index in [9.17, 15) is 4.79 Å². The molecule has 0 fully saturated rings. The van der Waals surface area contributed by atoms with Gasteiger partial charge >= 0.3 is 0 Å². The number of primary amides is 1. The average molecular weight is 349 g/mol. The lowest BCUT2D eigenvalue weighted by atomic mass is 10.1. The Bertz CT molecular complexity index is 1140. The average Bonchev–Trinajstić information content (AvgIpc) is 3.22. The van der Waals surface area contributed by atoms with Gasteiger partial charge in [-0.2, -0.15) is 9.61 Å². The van der Waals surface area contributed by atoms with Crippen molar-refractivity contribution in [3.05, 3.63) is 42.4 Å². The van der Waals surface area contributed by atoms with Crippen molar-refractivity contribution in [1.82, 2.24) is 24.1 Å². The Morgan fingerprint density at radius 1 is 1.31 bits per heavy atom. The van der Waals surface area contributed by atoms with Crippen molar-refractivity contribution >= 4 is 28.4 Å². The number of fused-ring (bicyclic) bond motifs is 2.